The topological polar surface area (TPSA) is 61.2 Å². The van der Waals surface area contributed by atoms with Gasteiger partial charge in [0.15, 0.2) is 0 Å². The van der Waals surface area contributed by atoms with E-state index in [9.17, 15) is 14.9 Å². The van der Waals surface area contributed by atoms with Crippen LogP contribution in [0.3, 0.4) is 0 Å². The molecule has 0 N–H and O–H groups in total. The van der Waals surface area contributed by atoms with Crippen LogP contribution in [0, 0.1) is 11.3 Å². The van der Waals surface area contributed by atoms with E-state index in [0.29, 0.717) is 11.1 Å². The van der Waals surface area contributed by atoms with E-state index in [-0.39, 0.29) is 17.5 Å². The van der Waals surface area contributed by atoms with Crippen LogP contribution < -0.4 is 0 Å². The number of carbonyl (C=O) groups is 2. The van der Waals surface area contributed by atoms with Crippen molar-refractivity contribution in [1.29, 1.82) is 5.26 Å². The molecule has 25 heavy (non-hydrogen) atoms. The molecule has 2 amide bonds. The lowest BCUT2D eigenvalue weighted by Gasteiger charge is -2.32. The molecule has 4 nitrogen and oxygen atoms in total. The molecule has 0 saturated heterocycles. The van der Waals surface area contributed by atoms with Crippen LogP contribution >= 0.6 is 11.8 Å². The van der Waals surface area contributed by atoms with E-state index in [1.54, 1.807) is 24.8 Å². The maximum Gasteiger partial charge on any atom is 0.271 e. The summed E-state index contributed by atoms with van der Waals surface area (Å²) in [7, 11) is 0. The Labute approximate surface area is 152 Å². The lowest BCUT2D eigenvalue weighted by atomic mass is 9.92. The summed E-state index contributed by atoms with van der Waals surface area (Å²) in [5.41, 5.74) is 1.89. The molecule has 1 fully saturated rings. The number of carbonyl (C=O) groups excluding carboxylic acids is 2. The van der Waals surface area contributed by atoms with Gasteiger partial charge in [0.1, 0.15) is 11.6 Å². The van der Waals surface area contributed by atoms with Gasteiger partial charge in [-0.3, -0.25) is 14.5 Å². The molecular formula is C20H20N2O2S. The number of rotatable bonds is 3. The summed E-state index contributed by atoms with van der Waals surface area (Å²) >= 11 is 1.65. The average molecular weight is 352 g/mol. The molecule has 1 aliphatic carbocycles. The smallest absolute Gasteiger partial charge is 0.271 e. The van der Waals surface area contributed by atoms with Crippen molar-refractivity contribution in [2.75, 3.05) is 6.26 Å². The number of hydrogen-bond donors (Lipinski definition) is 0. The summed E-state index contributed by atoms with van der Waals surface area (Å²) < 4.78 is 0. The van der Waals surface area contributed by atoms with Crippen LogP contribution in [0.1, 0.15) is 38.2 Å². The molecule has 3 rings (SSSR count). The molecule has 1 aliphatic heterocycles. The third-order valence-corrected chi connectivity index (χ3v) is 5.63. The SMILES string of the molecule is CSc1ccc(/C=C2/C(=O)N(C3CCCC3)C(=O)C(C#N)=C2C)cc1. The van der Waals surface area contributed by atoms with Crippen molar-refractivity contribution < 1.29 is 9.59 Å². The van der Waals surface area contributed by atoms with Gasteiger partial charge in [-0.25, -0.2) is 0 Å². The minimum absolute atomic E-state index is 0.0819. The van der Waals surface area contributed by atoms with Crippen molar-refractivity contribution in [3.8, 4) is 6.07 Å². The van der Waals surface area contributed by atoms with Crippen molar-refractivity contribution in [3.63, 3.8) is 0 Å². The van der Waals surface area contributed by atoms with Crippen LogP contribution in [0.4, 0.5) is 0 Å². The van der Waals surface area contributed by atoms with Crippen molar-refractivity contribution in [1.82, 2.24) is 4.90 Å². The van der Waals surface area contributed by atoms with E-state index in [2.05, 4.69) is 0 Å². The molecule has 1 saturated carbocycles. The lowest BCUT2D eigenvalue weighted by Crippen LogP contribution is -2.47. The Hall–Kier alpha value is -2.32. The lowest BCUT2D eigenvalue weighted by molar-refractivity contribution is -0.143. The van der Waals surface area contributed by atoms with Crippen molar-refractivity contribution >= 4 is 29.7 Å². The van der Waals surface area contributed by atoms with Crippen LogP contribution in [0.15, 0.2) is 45.9 Å². The number of nitrogens with zero attached hydrogens (tertiary/aromatic N) is 2. The molecule has 0 bridgehead atoms. The fraction of sp³-hybridized carbons (Fsp3) is 0.350. The van der Waals surface area contributed by atoms with E-state index in [1.165, 1.54) is 4.90 Å². The van der Waals surface area contributed by atoms with Gasteiger partial charge in [-0.2, -0.15) is 5.26 Å². The Morgan fingerprint density at radius 1 is 1.16 bits per heavy atom. The predicted octanol–water partition coefficient (Wildman–Crippen LogP) is 3.94. The minimum atomic E-state index is -0.438. The molecule has 0 radical (unpaired) electrons. The number of thioether (sulfide) groups is 1. The quantitative estimate of drug-likeness (QED) is 0.469. The number of imide groups is 1. The Morgan fingerprint density at radius 3 is 2.36 bits per heavy atom. The van der Waals surface area contributed by atoms with Crippen molar-refractivity contribution in [2.45, 2.75) is 43.5 Å². The molecule has 128 valence electrons. The highest BCUT2D eigenvalue weighted by Crippen LogP contribution is 2.33. The van der Waals surface area contributed by atoms with Gasteiger partial charge in [0.25, 0.3) is 11.8 Å². The Morgan fingerprint density at radius 2 is 1.80 bits per heavy atom. The normalized spacial score (nSPS) is 20.5. The number of hydrogen-bond acceptors (Lipinski definition) is 4. The van der Waals surface area contributed by atoms with E-state index in [4.69, 9.17) is 0 Å². The highest BCUT2D eigenvalue weighted by atomic mass is 32.2. The molecule has 1 aromatic rings. The minimum Gasteiger partial charge on any atom is -0.271 e. The second kappa shape index (κ2) is 7.28. The van der Waals surface area contributed by atoms with Gasteiger partial charge in [0.2, 0.25) is 0 Å². The summed E-state index contributed by atoms with van der Waals surface area (Å²) in [6.07, 6.45) is 7.47. The first-order valence-electron chi connectivity index (χ1n) is 8.41. The maximum atomic E-state index is 13.0. The third-order valence-electron chi connectivity index (χ3n) is 4.89. The van der Waals surface area contributed by atoms with E-state index < -0.39 is 5.91 Å². The zero-order chi connectivity index (χ0) is 18.0. The Balaban J connectivity index is 2.05. The first-order valence-corrected chi connectivity index (χ1v) is 9.64. The van der Waals surface area contributed by atoms with E-state index >= 15 is 0 Å². The van der Waals surface area contributed by atoms with Gasteiger partial charge < -0.3 is 0 Å². The van der Waals surface area contributed by atoms with Gasteiger partial charge in [0.05, 0.1) is 0 Å². The van der Waals surface area contributed by atoms with E-state index in [0.717, 1.165) is 36.1 Å². The van der Waals surface area contributed by atoms with Crippen LogP contribution in [-0.2, 0) is 9.59 Å². The maximum absolute atomic E-state index is 13.0. The first-order chi connectivity index (χ1) is 12.1. The summed E-state index contributed by atoms with van der Waals surface area (Å²) in [6, 6.07) is 9.80. The molecule has 2 aliphatic rings. The number of nitriles is 1. The second-order valence-corrected chi connectivity index (χ2v) is 7.24. The molecule has 0 unspecified atom stereocenters. The molecule has 1 aromatic carbocycles. The molecule has 5 heteroatoms. The Kier molecular flexibility index (Phi) is 5.10. The third kappa shape index (κ3) is 3.27. The molecule has 1 heterocycles. The van der Waals surface area contributed by atoms with E-state index in [1.807, 2.05) is 36.6 Å². The largest absolute Gasteiger partial charge is 0.271 e. The van der Waals surface area contributed by atoms with Gasteiger partial charge in [-0.05, 0) is 55.4 Å². The number of benzene rings is 1. The predicted molar refractivity (Wildman–Crippen MR) is 98.6 cm³/mol. The summed E-state index contributed by atoms with van der Waals surface area (Å²) in [6.45, 7) is 1.68. The Bertz CT molecular complexity index is 809. The summed E-state index contributed by atoms with van der Waals surface area (Å²) in [4.78, 5) is 28.1. The highest BCUT2D eigenvalue weighted by molar-refractivity contribution is 7.98. The van der Waals surface area contributed by atoms with Gasteiger partial charge >= 0.3 is 0 Å². The van der Waals surface area contributed by atoms with Crippen LogP contribution in [0.5, 0.6) is 0 Å². The number of amides is 2. The highest BCUT2D eigenvalue weighted by Gasteiger charge is 2.40. The zero-order valence-electron chi connectivity index (χ0n) is 14.4. The first kappa shape index (κ1) is 17.5. The fourth-order valence-electron chi connectivity index (χ4n) is 3.46. The second-order valence-electron chi connectivity index (χ2n) is 6.36. The van der Waals surface area contributed by atoms with Crippen molar-refractivity contribution in [3.05, 3.63) is 46.5 Å². The van der Waals surface area contributed by atoms with Crippen LogP contribution in [-0.4, -0.2) is 29.0 Å². The molecule has 0 atom stereocenters. The summed E-state index contributed by atoms with van der Waals surface area (Å²) in [5, 5.41) is 9.43. The molecule has 0 aromatic heterocycles. The average Bonchev–Trinajstić information content (AvgIpc) is 3.14. The summed E-state index contributed by atoms with van der Waals surface area (Å²) in [5.74, 6) is -0.714. The van der Waals surface area contributed by atoms with Crippen LogP contribution in [0.25, 0.3) is 6.08 Å². The zero-order valence-corrected chi connectivity index (χ0v) is 15.2. The fourth-order valence-corrected chi connectivity index (χ4v) is 3.87. The monoisotopic (exact) mass is 352 g/mol. The van der Waals surface area contributed by atoms with Gasteiger partial charge in [0, 0.05) is 16.5 Å². The standard InChI is InChI=1S/C20H20N2O2S/c1-13-17(11-14-7-9-16(25-2)10-8-14)19(23)22(15-5-3-4-6-15)20(24)18(13)12-21/h7-11,15H,3-6H2,1-2H3/b17-11+. The van der Waals surface area contributed by atoms with Gasteiger partial charge in [-0.1, -0.05) is 25.0 Å². The molecular weight excluding hydrogens is 332 g/mol. The van der Waals surface area contributed by atoms with Gasteiger partial charge in [-0.15, -0.1) is 11.8 Å². The van der Waals surface area contributed by atoms with Crippen LogP contribution in [0.2, 0.25) is 0 Å². The molecule has 0 spiro atoms. The van der Waals surface area contributed by atoms with Crippen molar-refractivity contribution in [2.24, 2.45) is 0 Å².